The van der Waals surface area contributed by atoms with Crippen LogP contribution in [0, 0.1) is 0 Å². The number of aliphatic hydroxyl groups excluding tert-OH is 2. The maximum Gasteiger partial charge on any atom is 0.408 e. The Labute approximate surface area is 248 Å². The molecule has 0 radical (unpaired) electrons. The van der Waals surface area contributed by atoms with Crippen LogP contribution in [0.2, 0.25) is 0 Å². The molecule has 3 aromatic rings. The Morgan fingerprint density at radius 1 is 0.786 bits per heavy atom. The Morgan fingerprint density at radius 2 is 1.36 bits per heavy atom. The summed E-state index contributed by atoms with van der Waals surface area (Å²) in [5.74, 6) is 0. The van der Waals surface area contributed by atoms with Crippen molar-refractivity contribution in [1.29, 1.82) is 0 Å². The van der Waals surface area contributed by atoms with Gasteiger partial charge in [0.2, 0.25) is 0 Å². The number of aliphatic hydroxyl groups is 2. The number of rotatable bonds is 14. The first-order valence-electron chi connectivity index (χ1n) is 14.2. The van der Waals surface area contributed by atoms with Crippen LogP contribution < -0.4 is 16.0 Å². The molecule has 0 aliphatic carbocycles. The van der Waals surface area contributed by atoms with E-state index in [0.717, 1.165) is 16.7 Å². The van der Waals surface area contributed by atoms with Crippen molar-refractivity contribution in [3.63, 3.8) is 0 Å². The number of benzene rings is 3. The van der Waals surface area contributed by atoms with Crippen molar-refractivity contribution >= 4 is 12.2 Å². The van der Waals surface area contributed by atoms with Gasteiger partial charge in [-0.1, -0.05) is 91.0 Å². The molecule has 3 aromatic carbocycles. The number of nitrogens with one attached hydrogen (secondary N) is 3. The Morgan fingerprint density at radius 3 is 1.95 bits per heavy atom. The molecule has 0 heterocycles. The summed E-state index contributed by atoms with van der Waals surface area (Å²) in [6.45, 7) is 5.60. The number of hydrogen-bond acceptors (Lipinski definition) is 7. The number of amides is 2. The zero-order valence-electron chi connectivity index (χ0n) is 24.5. The third-order valence-corrected chi connectivity index (χ3v) is 6.45. The molecule has 4 atom stereocenters. The second kappa shape index (κ2) is 16.5. The number of alkyl carbamates (subject to hydrolysis) is 2. The third kappa shape index (κ3) is 12.3. The highest BCUT2D eigenvalue weighted by Crippen LogP contribution is 2.20. The van der Waals surface area contributed by atoms with E-state index in [2.05, 4.69) is 16.0 Å². The van der Waals surface area contributed by atoms with Crippen LogP contribution >= 0.6 is 0 Å². The fraction of sp³-hybridized carbons (Fsp3) is 0.394. The van der Waals surface area contributed by atoms with E-state index in [0.29, 0.717) is 6.42 Å². The van der Waals surface area contributed by atoms with Crippen LogP contribution in [0.5, 0.6) is 0 Å². The molecular weight excluding hydrogens is 534 g/mol. The summed E-state index contributed by atoms with van der Waals surface area (Å²) in [5, 5.41) is 30.8. The van der Waals surface area contributed by atoms with Crippen LogP contribution in [0.15, 0.2) is 91.0 Å². The first-order chi connectivity index (χ1) is 20.1. The fourth-order valence-corrected chi connectivity index (χ4v) is 4.37. The van der Waals surface area contributed by atoms with Crippen LogP contribution in [0.4, 0.5) is 9.59 Å². The van der Waals surface area contributed by atoms with Crippen LogP contribution in [0.1, 0.15) is 49.9 Å². The minimum absolute atomic E-state index is 0.0406. The van der Waals surface area contributed by atoms with Crippen LogP contribution in [-0.4, -0.2) is 59.3 Å². The van der Waals surface area contributed by atoms with E-state index < -0.39 is 42.1 Å². The molecule has 5 N–H and O–H groups in total. The molecule has 4 unspecified atom stereocenters. The first-order valence-corrected chi connectivity index (χ1v) is 14.2. The number of hydrogen-bond donors (Lipinski definition) is 5. The van der Waals surface area contributed by atoms with Gasteiger partial charge in [-0.05, 0) is 50.3 Å². The molecule has 2 amide bonds. The van der Waals surface area contributed by atoms with Crippen LogP contribution in [0.3, 0.4) is 0 Å². The average molecular weight is 578 g/mol. The van der Waals surface area contributed by atoms with Gasteiger partial charge in [0.25, 0.3) is 0 Å². The highest BCUT2D eigenvalue weighted by atomic mass is 16.6. The Hall–Kier alpha value is -3.92. The van der Waals surface area contributed by atoms with Crippen molar-refractivity contribution in [2.75, 3.05) is 13.1 Å². The Bertz CT molecular complexity index is 1200. The average Bonchev–Trinajstić information content (AvgIpc) is 2.97. The van der Waals surface area contributed by atoms with E-state index in [4.69, 9.17) is 9.47 Å². The molecule has 0 aromatic heterocycles. The third-order valence-electron chi connectivity index (χ3n) is 6.45. The zero-order valence-corrected chi connectivity index (χ0v) is 24.5. The van der Waals surface area contributed by atoms with Gasteiger partial charge in [-0.25, -0.2) is 9.59 Å². The Kier molecular flexibility index (Phi) is 12.8. The quantitative estimate of drug-likeness (QED) is 0.191. The molecule has 3 rings (SSSR count). The summed E-state index contributed by atoms with van der Waals surface area (Å²) in [4.78, 5) is 24.8. The molecule has 0 aliphatic rings. The van der Waals surface area contributed by atoms with E-state index >= 15 is 0 Å². The van der Waals surface area contributed by atoms with Gasteiger partial charge in [0, 0.05) is 19.1 Å². The van der Waals surface area contributed by atoms with E-state index in [9.17, 15) is 19.8 Å². The largest absolute Gasteiger partial charge is 0.445 e. The minimum atomic E-state index is -0.966. The zero-order chi connectivity index (χ0) is 30.4. The summed E-state index contributed by atoms with van der Waals surface area (Å²) in [7, 11) is 0. The van der Waals surface area contributed by atoms with Crippen molar-refractivity contribution in [3.8, 4) is 0 Å². The molecule has 9 heteroatoms. The maximum absolute atomic E-state index is 12.5. The summed E-state index contributed by atoms with van der Waals surface area (Å²) < 4.78 is 10.7. The number of carbonyl (C=O) groups excluding carboxylic acids is 2. The van der Waals surface area contributed by atoms with E-state index in [1.807, 2.05) is 91.0 Å². The van der Waals surface area contributed by atoms with Crippen molar-refractivity contribution in [2.45, 2.75) is 70.1 Å². The molecular formula is C33H43N3O6. The van der Waals surface area contributed by atoms with Gasteiger partial charge in [0.1, 0.15) is 12.2 Å². The van der Waals surface area contributed by atoms with Crippen molar-refractivity contribution in [3.05, 3.63) is 108 Å². The molecule has 42 heavy (non-hydrogen) atoms. The summed E-state index contributed by atoms with van der Waals surface area (Å²) in [6.07, 6.45) is -2.34. The van der Waals surface area contributed by atoms with Crippen LogP contribution in [0.25, 0.3) is 0 Å². The monoisotopic (exact) mass is 577 g/mol. The lowest BCUT2D eigenvalue weighted by Crippen LogP contribution is -2.49. The molecule has 0 bridgehead atoms. The van der Waals surface area contributed by atoms with E-state index in [-0.39, 0.29) is 26.1 Å². The minimum Gasteiger partial charge on any atom is -0.445 e. The van der Waals surface area contributed by atoms with E-state index in [1.165, 1.54) is 0 Å². The highest BCUT2D eigenvalue weighted by Gasteiger charge is 2.25. The lowest BCUT2D eigenvalue weighted by molar-refractivity contribution is 0.0478. The second-order valence-electron chi connectivity index (χ2n) is 11.2. The SMILES string of the molecule is CC(C)(C)OC(=O)NC(CC(O)CNC(Cc1ccccc1)C(O)CNC(=O)OCc1ccccc1)c1ccccc1. The van der Waals surface area contributed by atoms with Gasteiger partial charge in [-0.15, -0.1) is 0 Å². The van der Waals surface area contributed by atoms with Gasteiger partial charge in [-0.3, -0.25) is 0 Å². The molecule has 0 fully saturated rings. The Balaban J connectivity index is 1.59. The van der Waals surface area contributed by atoms with Gasteiger partial charge >= 0.3 is 12.2 Å². The normalized spacial score (nSPS) is 14.2. The maximum atomic E-state index is 12.5. The van der Waals surface area contributed by atoms with Crippen molar-refractivity contribution < 1.29 is 29.3 Å². The molecule has 0 saturated carbocycles. The second-order valence-corrected chi connectivity index (χ2v) is 11.2. The van der Waals surface area contributed by atoms with Crippen molar-refractivity contribution in [1.82, 2.24) is 16.0 Å². The van der Waals surface area contributed by atoms with E-state index in [1.54, 1.807) is 20.8 Å². The molecule has 9 nitrogen and oxygen atoms in total. The fourth-order valence-electron chi connectivity index (χ4n) is 4.37. The van der Waals surface area contributed by atoms with Gasteiger partial charge in [0.05, 0.1) is 18.2 Å². The summed E-state index contributed by atoms with van der Waals surface area (Å²) in [6, 6.07) is 27.4. The van der Waals surface area contributed by atoms with Gasteiger partial charge in [0.15, 0.2) is 0 Å². The van der Waals surface area contributed by atoms with Crippen LogP contribution in [-0.2, 0) is 22.5 Å². The molecule has 226 valence electrons. The topological polar surface area (TPSA) is 129 Å². The summed E-state index contributed by atoms with van der Waals surface area (Å²) >= 11 is 0. The molecule has 0 aliphatic heterocycles. The van der Waals surface area contributed by atoms with Gasteiger partial charge < -0.3 is 35.6 Å². The first kappa shape index (κ1) is 32.6. The standard InChI is InChI=1S/C33H43N3O6/c1-33(2,3)42-32(40)36-28(26-17-11-6-12-18-26)20-27(37)21-34-29(19-24-13-7-4-8-14-24)30(38)22-35-31(39)41-23-25-15-9-5-10-16-25/h4-18,27-30,34,37-38H,19-23H2,1-3H3,(H,35,39)(H,36,40). The predicted molar refractivity (Wildman–Crippen MR) is 162 cm³/mol. The summed E-state index contributed by atoms with van der Waals surface area (Å²) in [5.41, 5.74) is 2.03. The number of ether oxygens (including phenoxy) is 2. The highest BCUT2D eigenvalue weighted by molar-refractivity contribution is 5.68. The molecule has 0 saturated heterocycles. The lowest BCUT2D eigenvalue weighted by Gasteiger charge is -2.28. The van der Waals surface area contributed by atoms with Gasteiger partial charge in [-0.2, -0.15) is 0 Å². The smallest absolute Gasteiger partial charge is 0.408 e. The predicted octanol–water partition coefficient (Wildman–Crippen LogP) is 4.49. The lowest BCUT2D eigenvalue weighted by atomic mass is 9.98. The van der Waals surface area contributed by atoms with Crippen molar-refractivity contribution in [2.24, 2.45) is 0 Å². The number of carbonyl (C=O) groups is 2. The molecule has 0 spiro atoms.